The van der Waals surface area contributed by atoms with Crippen molar-refractivity contribution in [2.75, 3.05) is 0 Å². The summed E-state index contributed by atoms with van der Waals surface area (Å²) in [6.45, 7) is 0. The second-order valence-corrected chi connectivity index (χ2v) is 13.9. The largest absolute Gasteiger partial charge is 0.215 e. The molecule has 0 bridgehead atoms. The first-order valence-electron chi connectivity index (χ1n) is 9.43. The van der Waals surface area contributed by atoms with Crippen molar-refractivity contribution < 1.29 is 0 Å². The molecule has 0 aliphatic rings. The van der Waals surface area contributed by atoms with Crippen LogP contribution in [0.2, 0.25) is 0 Å². The van der Waals surface area contributed by atoms with Crippen LogP contribution in [-0.2, 0) is 11.8 Å². The van der Waals surface area contributed by atoms with Crippen LogP contribution in [0.5, 0.6) is 0 Å². The number of benzene rings is 4. The van der Waals surface area contributed by atoms with E-state index < -0.39 is 13.8 Å². The first-order chi connectivity index (χ1) is 14.1. The Hall–Kier alpha value is -2.12. The Balaban J connectivity index is 1.92. The fourth-order valence-electron chi connectivity index (χ4n) is 3.35. The normalized spacial score (nSPS) is 11.9. The molecule has 144 valence electrons. The van der Waals surface area contributed by atoms with Crippen LogP contribution in [-0.4, -0.2) is 0 Å². The summed E-state index contributed by atoms with van der Waals surface area (Å²) < 4.78 is 0. The zero-order valence-electron chi connectivity index (χ0n) is 15.9. The van der Waals surface area contributed by atoms with Crippen molar-refractivity contribution in [2.24, 2.45) is 5.50 Å². The van der Waals surface area contributed by atoms with Gasteiger partial charge in [0.15, 0.2) is 0 Å². The van der Waals surface area contributed by atoms with Gasteiger partial charge < -0.3 is 0 Å². The van der Waals surface area contributed by atoms with Crippen LogP contribution >= 0.6 is 13.8 Å². The molecular formula is C24H23N2P2S+. The first-order valence-corrected chi connectivity index (χ1v) is 14.1. The van der Waals surface area contributed by atoms with Gasteiger partial charge in [-0.05, 0) is 24.3 Å². The molecule has 0 saturated carbocycles. The van der Waals surface area contributed by atoms with Gasteiger partial charge in [0.05, 0.1) is 0 Å². The molecule has 0 heterocycles. The van der Waals surface area contributed by atoms with Crippen molar-refractivity contribution >= 4 is 46.8 Å². The van der Waals surface area contributed by atoms with E-state index >= 15 is 0 Å². The predicted molar refractivity (Wildman–Crippen MR) is 133 cm³/mol. The second-order valence-electron chi connectivity index (χ2n) is 6.77. The fraction of sp³-hybridized carbons (Fsp3) is 0. The van der Waals surface area contributed by atoms with Crippen LogP contribution in [0.3, 0.4) is 0 Å². The highest BCUT2D eigenvalue weighted by molar-refractivity contribution is 8.23. The van der Waals surface area contributed by atoms with E-state index in [-0.39, 0.29) is 0 Å². The lowest BCUT2D eigenvalue weighted by Crippen LogP contribution is -2.41. The number of hydrogen-bond donors (Lipinski definition) is 2. The SMILES string of the molecule is N[P+](NP(=S)(c1ccccc1)c1ccccc1)(c1ccccc1)c1ccccc1. The third kappa shape index (κ3) is 4.12. The summed E-state index contributed by atoms with van der Waals surface area (Å²) in [5.74, 6) is 0. The van der Waals surface area contributed by atoms with Crippen LogP contribution in [0.4, 0.5) is 0 Å². The summed E-state index contributed by atoms with van der Waals surface area (Å²) >= 11 is 6.43. The van der Waals surface area contributed by atoms with Crippen LogP contribution in [0.15, 0.2) is 121 Å². The maximum Gasteiger partial charge on any atom is 0.215 e. The lowest BCUT2D eigenvalue weighted by Gasteiger charge is -2.31. The third-order valence-electron chi connectivity index (χ3n) is 4.87. The Morgan fingerprint density at radius 1 is 0.552 bits per heavy atom. The maximum absolute atomic E-state index is 7.26. The number of rotatable bonds is 6. The molecule has 0 aromatic heterocycles. The lowest BCUT2D eigenvalue weighted by molar-refractivity contribution is 1.53. The molecule has 4 aromatic carbocycles. The Labute approximate surface area is 178 Å². The van der Waals surface area contributed by atoms with Crippen molar-refractivity contribution in [3.05, 3.63) is 121 Å². The predicted octanol–water partition coefficient (Wildman–Crippen LogP) is 4.08. The third-order valence-corrected chi connectivity index (χ3v) is 13.5. The van der Waals surface area contributed by atoms with Crippen molar-refractivity contribution in [3.8, 4) is 0 Å². The summed E-state index contributed by atoms with van der Waals surface area (Å²) in [6, 6.07) is 41.3. The molecule has 5 heteroatoms. The Morgan fingerprint density at radius 2 is 0.862 bits per heavy atom. The zero-order valence-corrected chi connectivity index (χ0v) is 18.5. The fourth-order valence-corrected chi connectivity index (χ4v) is 11.9. The van der Waals surface area contributed by atoms with Gasteiger partial charge >= 0.3 is 0 Å². The summed E-state index contributed by atoms with van der Waals surface area (Å²) in [6.07, 6.45) is -2.37. The molecule has 0 unspecified atom stereocenters. The van der Waals surface area contributed by atoms with E-state index in [0.717, 1.165) is 21.2 Å². The minimum absolute atomic E-state index is 1.09. The molecule has 3 N–H and O–H groups in total. The first kappa shape index (κ1) is 20.2. The molecule has 0 aliphatic carbocycles. The Bertz CT molecular complexity index is 1020. The van der Waals surface area contributed by atoms with E-state index in [1.165, 1.54) is 0 Å². The van der Waals surface area contributed by atoms with E-state index in [1.807, 2.05) is 72.8 Å². The second kappa shape index (κ2) is 8.71. The minimum atomic E-state index is -2.43. The smallest absolute Gasteiger partial charge is 0.180 e. The van der Waals surface area contributed by atoms with Crippen LogP contribution in [0.25, 0.3) is 0 Å². The summed E-state index contributed by atoms with van der Waals surface area (Å²) in [5, 5.41) is 4.41. The highest BCUT2D eigenvalue weighted by Gasteiger charge is 2.44. The van der Waals surface area contributed by atoms with Crippen LogP contribution in [0.1, 0.15) is 0 Å². The van der Waals surface area contributed by atoms with Gasteiger partial charge in [0, 0.05) is 10.6 Å². The number of hydrogen-bond acceptors (Lipinski definition) is 2. The topological polar surface area (TPSA) is 38.0 Å². The van der Waals surface area contributed by atoms with E-state index in [1.54, 1.807) is 0 Å². The average Bonchev–Trinajstić information content (AvgIpc) is 2.81. The van der Waals surface area contributed by atoms with Gasteiger partial charge in [-0.2, -0.15) is 5.50 Å². The molecule has 4 rings (SSSR count). The van der Waals surface area contributed by atoms with Crippen LogP contribution < -0.4 is 31.6 Å². The molecule has 0 radical (unpaired) electrons. The van der Waals surface area contributed by atoms with Gasteiger partial charge in [-0.25, -0.2) is 0 Å². The van der Waals surface area contributed by atoms with Gasteiger partial charge in [-0.3, -0.25) is 0 Å². The number of nitrogens with two attached hydrogens (primary N) is 1. The van der Waals surface area contributed by atoms with Crippen LogP contribution in [0, 0.1) is 0 Å². The van der Waals surface area contributed by atoms with E-state index in [9.17, 15) is 0 Å². The molecule has 29 heavy (non-hydrogen) atoms. The Kier molecular flexibility index (Phi) is 6.06. The molecule has 0 fully saturated rings. The minimum Gasteiger partial charge on any atom is -0.180 e. The molecule has 4 aromatic rings. The van der Waals surface area contributed by atoms with Gasteiger partial charge in [-0.15, -0.1) is 4.86 Å². The maximum atomic E-state index is 7.26. The summed E-state index contributed by atoms with van der Waals surface area (Å²) in [7, 11) is -2.43. The highest BCUT2D eigenvalue weighted by atomic mass is 32.4. The Morgan fingerprint density at radius 3 is 1.21 bits per heavy atom. The molecule has 2 nitrogen and oxygen atoms in total. The quantitative estimate of drug-likeness (QED) is 0.450. The summed E-state index contributed by atoms with van der Waals surface area (Å²) in [5.41, 5.74) is 7.26. The van der Waals surface area contributed by atoms with E-state index in [2.05, 4.69) is 53.4 Å². The van der Waals surface area contributed by atoms with Gasteiger partial charge in [0.25, 0.3) is 0 Å². The molecule has 0 atom stereocenters. The monoisotopic (exact) mass is 433 g/mol. The molecule has 0 spiro atoms. The van der Waals surface area contributed by atoms with Crippen molar-refractivity contribution in [2.45, 2.75) is 0 Å². The van der Waals surface area contributed by atoms with Crippen molar-refractivity contribution in [3.63, 3.8) is 0 Å². The molecule has 0 saturated heterocycles. The van der Waals surface area contributed by atoms with Gasteiger partial charge in [0.2, 0.25) is 7.56 Å². The zero-order chi connectivity index (χ0) is 20.2. The highest BCUT2D eigenvalue weighted by Crippen LogP contribution is 2.55. The molecule has 0 aliphatic heterocycles. The van der Waals surface area contributed by atoms with Crippen molar-refractivity contribution in [1.82, 2.24) is 4.86 Å². The van der Waals surface area contributed by atoms with Crippen molar-refractivity contribution in [1.29, 1.82) is 0 Å². The number of nitrogens with one attached hydrogen (secondary N) is 1. The standard InChI is InChI=1S/C24H23N2P2S/c25-27(21-13-5-1-6-14-21,22-15-7-2-8-16-22)26-28(29,23-17-9-3-10-18-23)24-19-11-4-12-20-24/h1-20H,25H2,(H,26,29)/q+1. The molecule has 0 amide bonds. The molecular weight excluding hydrogens is 410 g/mol. The van der Waals surface area contributed by atoms with E-state index in [0.29, 0.717) is 0 Å². The van der Waals surface area contributed by atoms with E-state index in [4.69, 9.17) is 17.3 Å². The lowest BCUT2D eigenvalue weighted by atomic mass is 10.4. The summed E-state index contributed by atoms with van der Waals surface area (Å²) in [4.78, 5) is 3.89. The average molecular weight is 433 g/mol. The van der Waals surface area contributed by atoms with Gasteiger partial charge in [-0.1, -0.05) is 109 Å². The van der Waals surface area contributed by atoms with Gasteiger partial charge in [0.1, 0.15) is 16.8 Å².